The molecule has 2 fully saturated rings. The Bertz CT molecular complexity index is 174. The topological polar surface area (TPSA) is 35.5 Å². The Labute approximate surface area is 106 Å². The van der Waals surface area contributed by atoms with Crippen LogP contribution >= 0.6 is 0 Å². The van der Waals surface area contributed by atoms with Gasteiger partial charge in [-0.2, -0.15) is 0 Å². The fourth-order valence-electron chi connectivity index (χ4n) is 3.46. The molecule has 0 aromatic carbocycles. The maximum Gasteiger partial charge on any atom is 0.0589 e. The van der Waals surface area contributed by atoms with E-state index in [0.717, 1.165) is 32.1 Å². The number of aliphatic hydroxyl groups excluding tert-OH is 1. The highest BCUT2D eigenvalue weighted by Crippen LogP contribution is 2.28. The van der Waals surface area contributed by atoms with Gasteiger partial charge in [-0.15, -0.1) is 0 Å². The first-order valence-corrected chi connectivity index (χ1v) is 7.47. The van der Waals surface area contributed by atoms with Crippen LogP contribution in [-0.2, 0) is 0 Å². The average Bonchev–Trinajstić information content (AvgIpc) is 2.75. The lowest BCUT2D eigenvalue weighted by molar-refractivity contribution is 0.0783. The maximum absolute atomic E-state index is 9.75. The van der Waals surface area contributed by atoms with Crippen LogP contribution in [0.2, 0.25) is 0 Å². The molecule has 0 spiro atoms. The van der Waals surface area contributed by atoms with Gasteiger partial charge < -0.3 is 10.4 Å². The van der Waals surface area contributed by atoms with E-state index in [1.165, 1.54) is 44.9 Å². The molecule has 2 aliphatic rings. The summed E-state index contributed by atoms with van der Waals surface area (Å²) >= 11 is 0. The molecule has 1 heterocycles. The van der Waals surface area contributed by atoms with E-state index in [9.17, 15) is 5.11 Å². The SMILES string of the molecule is OCC(C1CCCCCC1)N1CCCNCC1. The molecular weight excluding hydrogens is 212 g/mol. The number of rotatable bonds is 3. The third kappa shape index (κ3) is 3.94. The Kier molecular flexibility index (Phi) is 5.75. The lowest BCUT2D eigenvalue weighted by atomic mass is 9.91. The van der Waals surface area contributed by atoms with Crippen molar-refractivity contribution in [2.24, 2.45) is 5.92 Å². The molecule has 1 saturated carbocycles. The van der Waals surface area contributed by atoms with Crippen LogP contribution in [0.25, 0.3) is 0 Å². The standard InChI is InChI=1S/C14H28N2O/c17-12-14(13-6-3-1-2-4-7-13)16-10-5-8-15-9-11-16/h13-15,17H,1-12H2. The van der Waals surface area contributed by atoms with Gasteiger partial charge in [0.1, 0.15) is 0 Å². The second-order valence-corrected chi connectivity index (χ2v) is 5.64. The first-order valence-electron chi connectivity index (χ1n) is 7.47. The quantitative estimate of drug-likeness (QED) is 0.736. The first-order chi connectivity index (χ1) is 8.42. The van der Waals surface area contributed by atoms with Gasteiger partial charge in [0.15, 0.2) is 0 Å². The smallest absolute Gasteiger partial charge is 0.0589 e. The molecule has 1 unspecified atom stereocenters. The fourth-order valence-corrected chi connectivity index (χ4v) is 3.46. The molecule has 0 aromatic heterocycles. The summed E-state index contributed by atoms with van der Waals surface area (Å²) in [4.78, 5) is 2.54. The Morgan fingerprint density at radius 2 is 1.76 bits per heavy atom. The Balaban J connectivity index is 1.92. The van der Waals surface area contributed by atoms with Crippen molar-refractivity contribution in [3.8, 4) is 0 Å². The third-order valence-electron chi connectivity index (χ3n) is 4.47. The van der Waals surface area contributed by atoms with Crippen molar-refractivity contribution in [1.82, 2.24) is 10.2 Å². The van der Waals surface area contributed by atoms with E-state index < -0.39 is 0 Å². The zero-order valence-electron chi connectivity index (χ0n) is 11.0. The molecule has 1 aliphatic heterocycles. The summed E-state index contributed by atoms with van der Waals surface area (Å²) in [5.41, 5.74) is 0. The van der Waals surface area contributed by atoms with Crippen molar-refractivity contribution >= 4 is 0 Å². The Morgan fingerprint density at radius 3 is 2.47 bits per heavy atom. The summed E-state index contributed by atoms with van der Waals surface area (Å²) in [6, 6.07) is 0.424. The highest BCUT2D eigenvalue weighted by atomic mass is 16.3. The molecule has 3 nitrogen and oxygen atoms in total. The monoisotopic (exact) mass is 240 g/mol. The molecule has 100 valence electrons. The van der Waals surface area contributed by atoms with E-state index in [0.29, 0.717) is 12.6 Å². The van der Waals surface area contributed by atoms with E-state index >= 15 is 0 Å². The average molecular weight is 240 g/mol. The zero-order chi connectivity index (χ0) is 11.9. The molecule has 17 heavy (non-hydrogen) atoms. The van der Waals surface area contributed by atoms with Crippen molar-refractivity contribution in [3.05, 3.63) is 0 Å². The lowest BCUT2D eigenvalue weighted by Crippen LogP contribution is -2.44. The summed E-state index contributed by atoms with van der Waals surface area (Å²) in [5, 5.41) is 13.2. The van der Waals surface area contributed by atoms with Crippen LogP contribution in [0.5, 0.6) is 0 Å². The van der Waals surface area contributed by atoms with Crippen molar-refractivity contribution in [2.75, 3.05) is 32.8 Å². The second kappa shape index (κ2) is 7.34. The van der Waals surface area contributed by atoms with Crippen LogP contribution in [-0.4, -0.2) is 48.8 Å². The van der Waals surface area contributed by atoms with Gasteiger partial charge in [-0.1, -0.05) is 25.7 Å². The fraction of sp³-hybridized carbons (Fsp3) is 1.00. The van der Waals surface area contributed by atoms with E-state index in [2.05, 4.69) is 10.2 Å². The third-order valence-corrected chi connectivity index (χ3v) is 4.47. The maximum atomic E-state index is 9.75. The van der Waals surface area contributed by atoms with Gasteiger partial charge >= 0.3 is 0 Å². The minimum absolute atomic E-state index is 0.352. The van der Waals surface area contributed by atoms with Gasteiger partial charge in [0.05, 0.1) is 6.61 Å². The molecule has 1 saturated heterocycles. The van der Waals surface area contributed by atoms with Gasteiger partial charge in [-0.25, -0.2) is 0 Å². The van der Waals surface area contributed by atoms with Gasteiger partial charge in [0.25, 0.3) is 0 Å². The second-order valence-electron chi connectivity index (χ2n) is 5.64. The molecule has 3 heteroatoms. The number of hydrogen-bond donors (Lipinski definition) is 2. The van der Waals surface area contributed by atoms with Gasteiger partial charge in [0.2, 0.25) is 0 Å². The highest BCUT2D eigenvalue weighted by molar-refractivity contribution is 4.82. The van der Waals surface area contributed by atoms with E-state index in [-0.39, 0.29) is 0 Å². The molecule has 0 aromatic rings. The molecule has 2 rings (SSSR count). The van der Waals surface area contributed by atoms with Crippen molar-refractivity contribution in [1.29, 1.82) is 0 Å². The van der Waals surface area contributed by atoms with Crippen LogP contribution in [0, 0.1) is 5.92 Å². The van der Waals surface area contributed by atoms with Crippen LogP contribution in [0.3, 0.4) is 0 Å². The molecule has 1 aliphatic carbocycles. The summed E-state index contributed by atoms with van der Waals surface area (Å²) in [6.07, 6.45) is 9.42. The molecule has 1 atom stereocenters. The predicted molar refractivity (Wildman–Crippen MR) is 71.1 cm³/mol. The Morgan fingerprint density at radius 1 is 1.00 bits per heavy atom. The zero-order valence-corrected chi connectivity index (χ0v) is 11.0. The predicted octanol–water partition coefficient (Wildman–Crippen LogP) is 1.61. The summed E-state index contributed by atoms with van der Waals surface area (Å²) in [6.45, 7) is 4.85. The van der Waals surface area contributed by atoms with Crippen LogP contribution < -0.4 is 5.32 Å². The normalized spacial score (nSPS) is 27.4. The molecule has 0 radical (unpaired) electrons. The Hall–Kier alpha value is -0.120. The van der Waals surface area contributed by atoms with Crippen LogP contribution in [0.4, 0.5) is 0 Å². The summed E-state index contributed by atoms with van der Waals surface area (Å²) in [5.74, 6) is 0.737. The van der Waals surface area contributed by atoms with Crippen LogP contribution in [0.15, 0.2) is 0 Å². The number of nitrogens with one attached hydrogen (secondary N) is 1. The van der Waals surface area contributed by atoms with E-state index in [1.54, 1.807) is 0 Å². The largest absolute Gasteiger partial charge is 0.395 e. The minimum Gasteiger partial charge on any atom is -0.395 e. The molecule has 0 amide bonds. The molecular formula is C14H28N2O. The van der Waals surface area contributed by atoms with Crippen molar-refractivity contribution in [2.45, 2.75) is 51.0 Å². The van der Waals surface area contributed by atoms with E-state index in [1.807, 2.05) is 0 Å². The van der Waals surface area contributed by atoms with Gasteiger partial charge in [-0.3, -0.25) is 4.90 Å². The van der Waals surface area contributed by atoms with Crippen molar-refractivity contribution in [3.63, 3.8) is 0 Å². The summed E-state index contributed by atoms with van der Waals surface area (Å²) < 4.78 is 0. The molecule has 0 bridgehead atoms. The first kappa shape index (κ1) is 13.3. The molecule has 2 N–H and O–H groups in total. The summed E-state index contributed by atoms with van der Waals surface area (Å²) in [7, 11) is 0. The minimum atomic E-state index is 0.352. The van der Waals surface area contributed by atoms with Crippen LogP contribution in [0.1, 0.15) is 44.9 Å². The number of aliphatic hydroxyl groups is 1. The highest BCUT2D eigenvalue weighted by Gasteiger charge is 2.27. The lowest BCUT2D eigenvalue weighted by Gasteiger charge is -2.35. The number of hydrogen-bond acceptors (Lipinski definition) is 3. The van der Waals surface area contributed by atoms with E-state index in [4.69, 9.17) is 0 Å². The van der Waals surface area contributed by atoms with Gasteiger partial charge in [0, 0.05) is 19.1 Å². The number of nitrogens with zero attached hydrogens (tertiary/aromatic N) is 1. The van der Waals surface area contributed by atoms with Gasteiger partial charge in [-0.05, 0) is 38.3 Å². The van der Waals surface area contributed by atoms with Crippen molar-refractivity contribution < 1.29 is 5.11 Å².